The van der Waals surface area contributed by atoms with Gasteiger partial charge in [0.15, 0.2) is 0 Å². The van der Waals surface area contributed by atoms with Gasteiger partial charge in [-0.25, -0.2) is 4.98 Å². The summed E-state index contributed by atoms with van der Waals surface area (Å²) in [4.78, 5) is 17.6. The molecule has 0 aliphatic rings. The molecule has 1 heterocycles. The summed E-state index contributed by atoms with van der Waals surface area (Å²) in [6.07, 6.45) is 1.65. The van der Waals surface area contributed by atoms with Gasteiger partial charge in [-0.15, -0.1) is 0 Å². The van der Waals surface area contributed by atoms with Crippen LogP contribution in [0.3, 0.4) is 0 Å². The Morgan fingerprint density at radius 1 is 1.50 bits per heavy atom. The van der Waals surface area contributed by atoms with Crippen LogP contribution < -0.4 is 11.1 Å². The number of anilines is 1. The quantitative estimate of drug-likeness (QED) is 0.795. The summed E-state index contributed by atoms with van der Waals surface area (Å²) in [7, 11) is 4.04. The molecule has 1 aromatic heterocycles. The summed E-state index contributed by atoms with van der Waals surface area (Å²) in [6.45, 7) is 5.13. The number of nitrogens with two attached hydrogens (primary N) is 1. The van der Waals surface area contributed by atoms with Crippen LogP contribution in [0.25, 0.3) is 0 Å². The molecule has 0 saturated heterocycles. The van der Waals surface area contributed by atoms with E-state index in [4.69, 9.17) is 5.73 Å². The van der Waals surface area contributed by atoms with Gasteiger partial charge in [0.25, 0.3) is 5.91 Å². The molecular weight excluding hydrogens is 228 g/mol. The Balaban J connectivity index is 2.90. The van der Waals surface area contributed by atoms with Gasteiger partial charge in [0.05, 0.1) is 5.56 Å². The molecule has 1 atom stereocenters. The second kappa shape index (κ2) is 6.35. The molecule has 0 fully saturated rings. The fraction of sp³-hybridized carbons (Fsp3) is 0.538. The Morgan fingerprint density at radius 2 is 2.17 bits per heavy atom. The standard InChI is InChI=1S/C13H22N4O/c1-9(2)11(8-17(3)4)16-13-10(12(14)18)6-5-7-15-13/h5-7,9,11H,8H2,1-4H3,(H2,14,18)(H,15,16). The molecule has 0 radical (unpaired) electrons. The number of likely N-dealkylation sites (N-methyl/N-ethyl adjacent to an activating group) is 1. The first kappa shape index (κ1) is 14.4. The first-order valence-electron chi connectivity index (χ1n) is 6.08. The zero-order valence-corrected chi connectivity index (χ0v) is 11.5. The van der Waals surface area contributed by atoms with Gasteiger partial charge in [-0.2, -0.15) is 0 Å². The lowest BCUT2D eigenvalue weighted by atomic mass is 10.0. The van der Waals surface area contributed by atoms with Crippen molar-refractivity contribution in [3.05, 3.63) is 23.9 Å². The Labute approximate surface area is 108 Å². The summed E-state index contributed by atoms with van der Waals surface area (Å²) in [6, 6.07) is 3.61. The van der Waals surface area contributed by atoms with E-state index in [-0.39, 0.29) is 6.04 Å². The SMILES string of the molecule is CC(C)C(CN(C)C)Nc1ncccc1C(N)=O. The highest BCUT2D eigenvalue weighted by Crippen LogP contribution is 2.15. The monoisotopic (exact) mass is 250 g/mol. The van der Waals surface area contributed by atoms with Crippen molar-refractivity contribution in [3.63, 3.8) is 0 Å². The lowest BCUT2D eigenvalue weighted by Gasteiger charge is -2.26. The molecule has 0 aliphatic carbocycles. The number of aromatic nitrogens is 1. The van der Waals surface area contributed by atoms with Gasteiger partial charge in [0.1, 0.15) is 5.82 Å². The summed E-state index contributed by atoms with van der Waals surface area (Å²) in [5.74, 6) is 0.527. The molecular formula is C13H22N4O. The maximum absolute atomic E-state index is 11.3. The van der Waals surface area contributed by atoms with E-state index in [1.807, 2.05) is 14.1 Å². The van der Waals surface area contributed by atoms with Crippen LogP contribution in [0.1, 0.15) is 24.2 Å². The van der Waals surface area contributed by atoms with Crippen LogP contribution in [-0.2, 0) is 0 Å². The molecule has 0 saturated carbocycles. The molecule has 1 unspecified atom stereocenters. The highest BCUT2D eigenvalue weighted by molar-refractivity contribution is 5.97. The van der Waals surface area contributed by atoms with Crippen LogP contribution in [-0.4, -0.2) is 42.5 Å². The van der Waals surface area contributed by atoms with E-state index < -0.39 is 5.91 Å². The van der Waals surface area contributed by atoms with Crippen LogP contribution in [0.4, 0.5) is 5.82 Å². The minimum absolute atomic E-state index is 0.216. The van der Waals surface area contributed by atoms with Crippen molar-refractivity contribution in [1.82, 2.24) is 9.88 Å². The van der Waals surface area contributed by atoms with Crippen molar-refractivity contribution in [2.24, 2.45) is 11.7 Å². The first-order chi connectivity index (χ1) is 8.41. The number of primary amides is 1. The molecule has 100 valence electrons. The largest absolute Gasteiger partial charge is 0.365 e. The molecule has 5 heteroatoms. The third-order valence-corrected chi connectivity index (χ3v) is 2.76. The zero-order chi connectivity index (χ0) is 13.7. The van der Waals surface area contributed by atoms with Crippen LogP contribution in [0.2, 0.25) is 0 Å². The highest BCUT2D eigenvalue weighted by Gasteiger charge is 2.17. The molecule has 0 aliphatic heterocycles. The number of pyridine rings is 1. The van der Waals surface area contributed by atoms with Gasteiger partial charge in [0.2, 0.25) is 0 Å². The smallest absolute Gasteiger partial charge is 0.252 e. The highest BCUT2D eigenvalue weighted by atomic mass is 16.1. The van der Waals surface area contributed by atoms with E-state index in [0.29, 0.717) is 17.3 Å². The summed E-state index contributed by atoms with van der Waals surface area (Å²) in [5.41, 5.74) is 5.77. The summed E-state index contributed by atoms with van der Waals surface area (Å²) in [5, 5.41) is 3.31. The lowest BCUT2D eigenvalue weighted by Crippen LogP contribution is -2.37. The molecule has 5 nitrogen and oxygen atoms in total. The number of carbonyl (C=O) groups excluding carboxylic acids is 1. The molecule has 0 bridgehead atoms. The molecule has 18 heavy (non-hydrogen) atoms. The van der Waals surface area contributed by atoms with E-state index in [2.05, 4.69) is 29.0 Å². The van der Waals surface area contributed by atoms with Gasteiger partial charge in [-0.05, 0) is 32.1 Å². The van der Waals surface area contributed by atoms with Crippen molar-refractivity contribution in [1.29, 1.82) is 0 Å². The zero-order valence-electron chi connectivity index (χ0n) is 11.5. The van der Waals surface area contributed by atoms with Crippen molar-refractivity contribution in [2.45, 2.75) is 19.9 Å². The molecule has 3 N–H and O–H groups in total. The van der Waals surface area contributed by atoms with Crippen molar-refractivity contribution >= 4 is 11.7 Å². The van der Waals surface area contributed by atoms with E-state index in [1.54, 1.807) is 18.3 Å². The van der Waals surface area contributed by atoms with Gasteiger partial charge in [-0.3, -0.25) is 4.79 Å². The van der Waals surface area contributed by atoms with E-state index in [0.717, 1.165) is 6.54 Å². The van der Waals surface area contributed by atoms with Crippen LogP contribution >= 0.6 is 0 Å². The van der Waals surface area contributed by atoms with Crippen molar-refractivity contribution < 1.29 is 4.79 Å². The van der Waals surface area contributed by atoms with E-state index >= 15 is 0 Å². The normalized spacial score (nSPS) is 12.8. The van der Waals surface area contributed by atoms with Crippen LogP contribution in [0, 0.1) is 5.92 Å². The predicted molar refractivity (Wildman–Crippen MR) is 73.6 cm³/mol. The van der Waals surface area contributed by atoms with Crippen LogP contribution in [0.5, 0.6) is 0 Å². The average molecular weight is 250 g/mol. The number of amides is 1. The molecule has 0 spiro atoms. The van der Waals surface area contributed by atoms with Gasteiger partial charge in [-0.1, -0.05) is 13.8 Å². The fourth-order valence-electron chi connectivity index (χ4n) is 1.71. The number of hydrogen-bond acceptors (Lipinski definition) is 4. The van der Waals surface area contributed by atoms with Gasteiger partial charge in [0, 0.05) is 18.8 Å². The minimum atomic E-state index is -0.460. The third-order valence-electron chi connectivity index (χ3n) is 2.76. The third kappa shape index (κ3) is 4.00. The minimum Gasteiger partial charge on any atom is -0.365 e. The number of carbonyl (C=O) groups is 1. The van der Waals surface area contributed by atoms with E-state index in [1.165, 1.54) is 0 Å². The van der Waals surface area contributed by atoms with E-state index in [9.17, 15) is 4.79 Å². The maximum Gasteiger partial charge on any atom is 0.252 e. The average Bonchev–Trinajstić information content (AvgIpc) is 2.27. The Hall–Kier alpha value is -1.62. The Bertz CT molecular complexity index is 404. The molecule has 0 aromatic carbocycles. The Morgan fingerprint density at radius 3 is 2.67 bits per heavy atom. The van der Waals surface area contributed by atoms with Crippen LogP contribution in [0.15, 0.2) is 18.3 Å². The number of nitrogens with one attached hydrogen (secondary N) is 1. The number of nitrogens with zero attached hydrogens (tertiary/aromatic N) is 2. The predicted octanol–water partition coefficient (Wildman–Crippen LogP) is 1.18. The van der Waals surface area contributed by atoms with Gasteiger partial charge >= 0.3 is 0 Å². The second-order valence-corrected chi connectivity index (χ2v) is 5.02. The number of rotatable bonds is 6. The van der Waals surface area contributed by atoms with Crippen molar-refractivity contribution in [2.75, 3.05) is 26.0 Å². The Kier molecular flexibility index (Phi) is 5.09. The molecule has 1 aromatic rings. The van der Waals surface area contributed by atoms with Crippen molar-refractivity contribution in [3.8, 4) is 0 Å². The summed E-state index contributed by atoms with van der Waals surface area (Å²) >= 11 is 0. The maximum atomic E-state index is 11.3. The first-order valence-corrected chi connectivity index (χ1v) is 6.08. The topological polar surface area (TPSA) is 71.2 Å². The van der Waals surface area contributed by atoms with Gasteiger partial charge < -0.3 is 16.0 Å². The molecule has 1 amide bonds. The second-order valence-electron chi connectivity index (χ2n) is 5.02. The molecule has 1 rings (SSSR count). The number of hydrogen-bond donors (Lipinski definition) is 2. The lowest BCUT2D eigenvalue weighted by molar-refractivity contribution is 0.100. The summed E-state index contributed by atoms with van der Waals surface area (Å²) < 4.78 is 0. The fourth-order valence-corrected chi connectivity index (χ4v) is 1.71.